The van der Waals surface area contributed by atoms with Crippen molar-refractivity contribution in [1.82, 2.24) is 10.3 Å². The van der Waals surface area contributed by atoms with Crippen LogP contribution in [0.15, 0.2) is 18.3 Å². The van der Waals surface area contributed by atoms with Crippen molar-refractivity contribution in [2.24, 2.45) is 5.92 Å². The normalized spacial score (nSPS) is 22.1. The summed E-state index contributed by atoms with van der Waals surface area (Å²) in [5.74, 6) is 0.875. The van der Waals surface area contributed by atoms with Crippen LogP contribution < -0.4 is 10.2 Å². The highest BCUT2D eigenvalue weighted by atomic mass is 16.2. The summed E-state index contributed by atoms with van der Waals surface area (Å²) >= 11 is 0. The average molecular weight is 256 g/mol. The topological polar surface area (TPSA) is 69.0 Å². The van der Waals surface area contributed by atoms with Gasteiger partial charge in [-0.05, 0) is 31.4 Å². The van der Waals surface area contributed by atoms with Gasteiger partial charge in [0.25, 0.3) is 0 Å². The molecule has 1 aromatic heterocycles. The molecule has 1 N–H and O–H groups in total. The maximum atomic E-state index is 12.0. The molecule has 0 aromatic carbocycles. The molecule has 0 spiro atoms. The van der Waals surface area contributed by atoms with Crippen LogP contribution in [0, 0.1) is 17.2 Å². The summed E-state index contributed by atoms with van der Waals surface area (Å²) in [6, 6.07) is 6.09. The van der Waals surface area contributed by atoms with Gasteiger partial charge in [0.15, 0.2) is 0 Å². The van der Waals surface area contributed by atoms with E-state index in [0.29, 0.717) is 24.0 Å². The number of pyridine rings is 1. The third-order valence-corrected chi connectivity index (χ3v) is 3.69. The maximum Gasteiger partial charge on any atom is 0.225 e. The highest BCUT2D eigenvalue weighted by Crippen LogP contribution is 2.26. The number of nitrogens with one attached hydrogen (secondary N) is 1. The smallest absolute Gasteiger partial charge is 0.225 e. The van der Waals surface area contributed by atoms with Gasteiger partial charge in [0.05, 0.1) is 11.5 Å². The second-order valence-electron chi connectivity index (χ2n) is 5.20. The molecular weight excluding hydrogens is 240 g/mol. The van der Waals surface area contributed by atoms with Gasteiger partial charge < -0.3 is 10.2 Å². The monoisotopic (exact) mass is 256 g/mol. The zero-order valence-electron chi connectivity index (χ0n) is 10.7. The quantitative estimate of drug-likeness (QED) is 0.878. The number of carbonyl (C=O) groups is 1. The van der Waals surface area contributed by atoms with Crippen molar-refractivity contribution in [3.63, 3.8) is 0 Å². The molecule has 2 fully saturated rings. The fourth-order valence-electron chi connectivity index (χ4n) is 2.45. The standard InChI is InChI=1S/C14H16N4O/c15-8-10-2-1-6-16-13(10)18-7-5-11(9-18)14(19)17-12-3-4-12/h1-2,6,11-12H,3-5,7,9H2,(H,17,19). The van der Waals surface area contributed by atoms with Crippen molar-refractivity contribution >= 4 is 11.7 Å². The Hall–Kier alpha value is -2.09. The van der Waals surface area contributed by atoms with E-state index >= 15 is 0 Å². The minimum atomic E-state index is 0.0224. The lowest BCUT2D eigenvalue weighted by Crippen LogP contribution is -2.34. The number of rotatable bonds is 3. The maximum absolute atomic E-state index is 12.0. The molecular formula is C14H16N4O. The summed E-state index contributed by atoms with van der Waals surface area (Å²) in [5, 5.41) is 12.1. The lowest BCUT2D eigenvalue weighted by molar-refractivity contribution is -0.124. The summed E-state index contributed by atoms with van der Waals surface area (Å²) in [7, 11) is 0. The Morgan fingerprint density at radius 3 is 3.05 bits per heavy atom. The van der Waals surface area contributed by atoms with Crippen LogP contribution in [0.3, 0.4) is 0 Å². The lowest BCUT2D eigenvalue weighted by atomic mass is 10.1. The molecule has 1 saturated heterocycles. The number of carbonyl (C=O) groups excluding carboxylic acids is 1. The highest BCUT2D eigenvalue weighted by Gasteiger charge is 2.33. The number of anilines is 1. The van der Waals surface area contributed by atoms with Crippen LogP contribution >= 0.6 is 0 Å². The average Bonchev–Trinajstić information content (AvgIpc) is 3.11. The number of amides is 1. The van der Waals surface area contributed by atoms with Crippen LogP contribution in [0.1, 0.15) is 24.8 Å². The third-order valence-electron chi connectivity index (χ3n) is 3.69. The van der Waals surface area contributed by atoms with E-state index in [1.165, 1.54) is 0 Å². The van der Waals surface area contributed by atoms with E-state index in [2.05, 4.69) is 16.4 Å². The third kappa shape index (κ3) is 2.53. The molecule has 1 atom stereocenters. The highest BCUT2D eigenvalue weighted by molar-refractivity contribution is 5.80. The Bertz CT molecular complexity index is 532. The molecule has 5 nitrogen and oxygen atoms in total. The lowest BCUT2D eigenvalue weighted by Gasteiger charge is -2.18. The minimum Gasteiger partial charge on any atom is -0.355 e. The fourth-order valence-corrected chi connectivity index (χ4v) is 2.45. The second kappa shape index (κ2) is 4.88. The van der Waals surface area contributed by atoms with E-state index < -0.39 is 0 Å². The van der Waals surface area contributed by atoms with Gasteiger partial charge in [-0.3, -0.25) is 4.79 Å². The molecule has 0 radical (unpaired) electrons. The van der Waals surface area contributed by atoms with Gasteiger partial charge in [0.2, 0.25) is 5.91 Å². The van der Waals surface area contributed by atoms with Gasteiger partial charge in [-0.2, -0.15) is 5.26 Å². The number of hydrogen-bond donors (Lipinski definition) is 1. The molecule has 1 amide bonds. The summed E-state index contributed by atoms with van der Waals surface area (Å²) in [6.07, 6.45) is 4.75. The fraction of sp³-hybridized carbons (Fsp3) is 0.500. The molecule has 3 rings (SSSR count). The molecule has 1 saturated carbocycles. The van der Waals surface area contributed by atoms with Crippen molar-refractivity contribution in [2.45, 2.75) is 25.3 Å². The first kappa shape index (κ1) is 12.0. The number of aromatic nitrogens is 1. The van der Waals surface area contributed by atoms with Crippen molar-refractivity contribution < 1.29 is 4.79 Å². The Morgan fingerprint density at radius 2 is 2.32 bits per heavy atom. The number of nitriles is 1. The first-order chi connectivity index (χ1) is 9.28. The molecule has 2 heterocycles. The molecule has 2 aliphatic rings. The largest absolute Gasteiger partial charge is 0.355 e. The predicted octanol–water partition coefficient (Wildman–Crippen LogP) is 1.06. The van der Waals surface area contributed by atoms with E-state index in [4.69, 9.17) is 5.26 Å². The summed E-state index contributed by atoms with van der Waals surface area (Å²) in [5.41, 5.74) is 0.575. The van der Waals surface area contributed by atoms with E-state index in [1.54, 1.807) is 18.3 Å². The van der Waals surface area contributed by atoms with E-state index in [0.717, 1.165) is 25.8 Å². The summed E-state index contributed by atoms with van der Waals surface area (Å²) in [6.45, 7) is 1.44. The van der Waals surface area contributed by atoms with Crippen LogP contribution in [-0.4, -0.2) is 30.0 Å². The van der Waals surface area contributed by atoms with E-state index in [-0.39, 0.29) is 11.8 Å². The first-order valence-electron chi connectivity index (χ1n) is 6.68. The summed E-state index contributed by atoms with van der Waals surface area (Å²) in [4.78, 5) is 18.3. The molecule has 1 unspecified atom stereocenters. The molecule has 98 valence electrons. The predicted molar refractivity (Wildman–Crippen MR) is 70.4 cm³/mol. The van der Waals surface area contributed by atoms with Gasteiger partial charge >= 0.3 is 0 Å². The van der Waals surface area contributed by atoms with Gasteiger partial charge in [-0.25, -0.2) is 4.98 Å². The van der Waals surface area contributed by atoms with Crippen LogP contribution in [0.4, 0.5) is 5.82 Å². The Morgan fingerprint density at radius 1 is 1.47 bits per heavy atom. The van der Waals surface area contributed by atoms with Gasteiger partial charge in [0.1, 0.15) is 11.9 Å². The molecule has 1 aromatic rings. The Labute approximate surface area is 112 Å². The second-order valence-corrected chi connectivity index (χ2v) is 5.20. The zero-order chi connectivity index (χ0) is 13.2. The zero-order valence-corrected chi connectivity index (χ0v) is 10.7. The van der Waals surface area contributed by atoms with Crippen molar-refractivity contribution in [2.75, 3.05) is 18.0 Å². The SMILES string of the molecule is N#Cc1cccnc1N1CCC(C(=O)NC2CC2)C1. The molecule has 0 bridgehead atoms. The molecule has 5 heteroatoms. The Kier molecular flexibility index (Phi) is 3.08. The minimum absolute atomic E-state index is 0.0224. The van der Waals surface area contributed by atoms with Crippen molar-refractivity contribution in [3.8, 4) is 6.07 Å². The van der Waals surface area contributed by atoms with Gasteiger partial charge in [0, 0.05) is 25.3 Å². The molecule has 1 aliphatic heterocycles. The van der Waals surface area contributed by atoms with Crippen LogP contribution in [0.25, 0.3) is 0 Å². The van der Waals surface area contributed by atoms with Gasteiger partial charge in [-0.1, -0.05) is 0 Å². The van der Waals surface area contributed by atoms with Crippen molar-refractivity contribution in [1.29, 1.82) is 5.26 Å². The number of hydrogen-bond acceptors (Lipinski definition) is 4. The molecule has 1 aliphatic carbocycles. The Balaban J connectivity index is 1.68. The van der Waals surface area contributed by atoms with Crippen LogP contribution in [0.5, 0.6) is 0 Å². The molecule has 19 heavy (non-hydrogen) atoms. The number of nitrogens with zero attached hydrogens (tertiary/aromatic N) is 3. The van der Waals surface area contributed by atoms with Crippen molar-refractivity contribution in [3.05, 3.63) is 23.9 Å². The van der Waals surface area contributed by atoms with Crippen LogP contribution in [-0.2, 0) is 4.79 Å². The van der Waals surface area contributed by atoms with Gasteiger partial charge in [-0.15, -0.1) is 0 Å². The van der Waals surface area contributed by atoms with Crippen LogP contribution in [0.2, 0.25) is 0 Å². The van der Waals surface area contributed by atoms with E-state index in [1.807, 2.05) is 4.90 Å². The first-order valence-corrected chi connectivity index (χ1v) is 6.68. The summed E-state index contributed by atoms with van der Waals surface area (Å²) < 4.78 is 0. The van der Waals surface area contributed by atoms with E-state index in [9.17, 15) is 4.79 Å².